The maximum atomic E-state index is 13.6. The van der Waals surface area contributed by atoms with Crippen LogP contribution in [-0.2, 0) is 0 Å². The van der Waals surface area contributed by atoms with Crippen molar-refractivity contribution < 1.29 is 13.6 Å². The molecule has 0 spiro atoms. The molecule has 0 radical (unpaired) electrons. The molecule has 0 fully saturated rings. The summed E-state index contributed by atoms with van der Waals surface area (Å²) in [4.78, 5) is 26.6. The van der Waals surface area contributed by atoms with Gasteiger partial charge in [0.1, 0.15) is 11.6 Å². The molecular weight excluding hydrogens is 414 g/mol. The highest BCUT2D eigenvalue weighted by atomic mass is 35.5. The normalized spacial score (nSPS) is 12.2. The van der Waals surface area contributed by atoms with Crippen LogP contribution in [0, 0.1) is 17.6 Å². The lowest BCUT2D eigenvalue weighted by atomic mass is 10.0. The van der Waals surface area contributed by atoms with Crippen LogP contribution in [0.1, 0.15) is 32.5 Å². The van der Waals surface area contributed by atoms with E-state index in [4.69, 9.17) is 11.6 Å². The summed E-state index contributed by atoms with van der Waals surface area (Å²) in [5.41, 5.74) is 0.257. The lowest BCUT2D eigenvalue weighted by Crippen LogP contribution is -2.40. The molecule has 0 aliphatic carbocycles. The quantitative estimate of drug-likeness (QED) is 0.586. The van der Waals surface area contributed by atoms with Gasteiger partial charge < -0.3 is 10.2 Å². The van der Waals surface area contributed by atoms with Crippen LogP contribution in [0.3, 0.4) is 0 Å². The first kappa shape index (κ1) is 21.7. The molecule has 0 saturated carbocycles. The molecule has 2 amide bonds. The van der Waals surface area contributed by atoms with E-state index in [1.165, 1.54) is 30.3 Å². The number of aromatic amines is 1. The molecular formula is C21H21ClF2N4O2. The molecule has 9 heteroatoms. The molecule has 158 valence electrons. The Hall–Kier alpha value is -3.00. The van der Waals surface area contributed by atoms with Crippen molar-refractivity contribution in [1.82, 2.24) is 15.1 Å². The van der Waals surface area contributed by atoms with Crippen molar-refractivity contribution in [2.75, 3.05) is 11.9 Å². The van der Waals surface area contributed by atoms with Gasteiger partial charge in [-0.1, -0.05) is 25.4 Å². The number of urea groups is 1. The number of H-pyrrole nitrogens is 1. The fraction of sp³-hybridized carbons (Fsp3) is 0.286. The second kappa shape index (κ2) is 8.79. The summed E-state index contributed by atoms with van der Waals surface area (Å²) < 4.78 is 27.0. The van der Waals surface area contributed by atoms with Crippen LogP contribution in [0.4, 0.5) is 19.3 Å². The van der Waals surface area contributed by atoms with Crippen molar-refractivity contribution >= 4 is 34.1 Å². The van der Waals surface area contributed by atoms with E-state index in [9.17, 15) is 18.4 Å². The Morgan fingerprint density at radius 1 is 1.17 bits per heavy atom. The van der Waals surface area contributed by atoms with E-state index < -0.39 is 29.3 Å². The van der Waals surface area contributed by atoms with Gasteiger partial charge in [0, 0.05) is 17.6 Å². The summed E-state index contributed by atoms with van der Waals surface area (Å²) in [6.07, 6.45) is 0. The van der Waals surface area contributed by atoms with Crippen LogP contribution in [-0.4, -0.2) is 27.7 Å². The molecule has 0 aliphatic rings. The van der Waals surface area contributed by atoms with Gasteiger partial charge in [0.2, 0.25) is 0 Å². The maximum absolute atomic E-state index is 13.6. The first-order chi connectivity index (χ1) is 14.2. The summed E-state index contributed by atoms with van der Waals surface area (Å²) in [7, 11) is 0. The zero-order chi connectivity index (χ0) is 22.0. The van der Waals surface area contributed by atoms with Crippen LogP contribution < -0.4 is 10.9 Å². The predicted molar refractivity (Wildman–Crippen MR) is 113 cm³/mol. The Balaban J connectivity index is 1.98. The number of hydrogen-bond acceptors (Lipinski definition) is 3. The number of rotatable bonds is 5. The third-order valence-electron chi connectivity index (χ3n) is 4.64. The number of nitrogens with one attached hydrogen (secondary N) is 2. The van der Waals surface area contributed by atoms with Gasteiger partial charge in [0.05, 0.1) is 22.1 Å². The predicted octanol–water partition coefficient (Wildman–Crippen LogP) is 5.11. The zero-order valence-electron chi connectivity index (χ0n) is 16.7. The number of carbonyl (C=O) groups excluding carboxylic acids is 1. The second-order valence-electron chi connectivity index (χ2n) is 7.41. The Kier molecular flexibility index (Phi) is 6.36. The number of halogens is 3. The Morgan fingerprint density at radius 3 is 2.57 bits per heavy atom. The minimum atomic E-state index is -0.585. The molecule has 30 heavy (non-hydrogen) atoms. The van der Waals surface area contributed by atoms with Gasteiger partial charge in [-0.2, -0.15) is 5.10 Å². The van der Waals surface area contributed by atoms with Crippen LogP contribution >= 0.6 is 11.6 Å². The average Bonchev–Trinajstić information content (AvgIpc) is 2.69. The van der Waals surface area contributed by atoms with E-state index >= 15 is 0 Å². The standard InChI is InChI=1S/C21H21ClF2N4O2/c1-11(2)10-28(21(30)25-14-5-7-18(24)17(22)9-14)12(3)19-15-6-4-13(23)8-16(15)20(29)27-26-19/h4-9,11-12H,10H2,1-3H3,(H,25,30)(H,27,29). The maximum Gasteiger partial charge on any atom is 0.322 e. The first-order valence-electron chi connectivity index (χ1n) is 9.38. The number of anilines is 1. The molecule has 1 unspecified atom stereocenters. The summed E-state index contributed by atoms with van der Waals surface area (Å²) in [5.74, 6) is -0.998. The Morgan fingerprint density at radius 2 is 1.90 bits per heavy atom. The van der Waals surface area contributed by atoms with Gasteiger partial charge in [0.25, 0.3) is 5.56 Å². The van der Waals surface area contributed by atoms with Gasteiger partial charge in [-0.15, -0.1) is 0 Å². The molecule has 3 aromatic rings. The molecule has 2 aromatic carbocycles. The van der Waals surface area contributed by atoms with E-state index in [2.05, 4.69) is 15.5 Å². The minimum Gasteiger partial charge on any atom is -0.316 e. The van der Waals surface area contributed by atoms with Crippen molar-refractivity contribution in [1.29, 1.82) is 0 Å². The van der Waals surface area contributed by atoms with Gasteiger partial charge in [-0.25, -0.2) is 18.7 Å². The summed E-state index contributed by atoms with van der Waals surface area (Å²) in [6, 6.07) is 6.77. The van der Waals surface area contributed by atoms with Gasteiger partial charge in [0.15, 0.2) is 0 Å². The van der Waals surface area contributed by atoms with E-state index in [0.717, 1.165) is 6.07 Å². The molecule has 1 heterocycles. The number of fused-ring (bicyclic) bond motifs is 1. The number of benzene rings is 2. The lowest BCUT2D eigenvalue weighted by molar-refractivity contribution is 0.182. The first-order valence-corrected chi connectivity index (χ1v) is 9.75. The molecule has 1 atom stereocenters. The van der Waals surface area contributed by atoms with Crippen molar-refractivity contribution in [3.05, 3.63) is 69.1 Å². The minimum absolute atomic E-state index is 0.105. The number of aromatic nitrogens is 2. The fourth-order valence-electron chi connectivity index (χ4n) is 3.20. The summed E-state index contributed by atoms with van der Waals surface area (Å²) >= 11 is 5.80. The zero-order valence-corrected chi connectivity index (χ0v) is 17.4. The summed E-state index contributed by atoms with van der Waals surface area (Å²) in [6.45, 7) is 6.06. The van der Waals surface area contributed by atoms with Gasteiger partial charge in [-0.05, 0) is 49.2 Å². The van der Waals surface area contributed by atoms with Crippen molar-refractivity contribution in [3.8, 4) is 0 Å². The van der Waals surface area contributed by atoms with Gasteiger partial charge in [-0.3, -0.25) is 4.79 Å². The van der Waals surface area contributed by atoms with E-state index in [-0.39, 0.29) is 16.3 Å². The SMILES string of the molecule is CC(C)CN(C(=O)Nc1ccc(F)c(Cl)c1)C(C)c1n[nH]c(=O)c2cc(F)ccc12. The number of nitrogens with zero attached hydrogens (tertiary/aromatic N) is 2. The third kappa shape index (κ3) is 4.59. The van der Waals surface area contributed by atoms with Crippen LogP contribution in [0.25, 0.3) is 10.8 Å². The van der Waals surface area contributed by atoms with Crippen LogP contribution in [0.2, 0.25) is 5.02 Å². The second-order valence-corrected chi connectivity index (χ2v) is 7.82. The van der Waals surface area contributed by atoms with Crippen molar-refractivity contribution in [3.63, 3.8) is 0 Å². The molecule has 0 aliphatic heterocycles. The molecule has 2 N–H and O–H groups in total. The Labute approximate surface area is 176 Å². The lowest BCUT2D eigenvalue weighted by Gasteiger charge is -2.31. The highest BCUT2D eigenvalue weighted by Gasteiger charge is 2.26. The van der Waals surface area contributed by atoms with Crippen LogP contribution in [0.15, 0.2) is 41.2 Å². The summed E-state index contributed by atoms with van der Waals surface area (Å²) in [5, 5.41) is 9.72. The molecule has 6 nitrogen and oxygen atoms in total. The van der Waals surface area contributed by atoms with E-state index in [1.807, 2.05) is 13.8 Å². The topological polar surface area (TPSA) is 78.1 Å². The number of hydrogen-bond donors (Lipinski definition) is 2. The van der Waals surface area contributed by atoms with Crippen molar-refractivity contribution in [2.24, 2.45) is 5.92 Å². The van der Waals surface area contributed by atoms with E-state index in [0.29, 0.717) is 23.3 Å². The number of carbonyl (C=O) groups is 1. The largest absolute Gasteiger partial charge is 0.322 e. The highest BCUT2D eigenvalue weighted by Crippen LogP contribution is 2.27. The van der Waals surface area contributed by atoms with Crippen LogP contribution in [0.5, 0.6) is 0 Å². The van der Waals surface area contributed by atoms with E-state index in [1.54, 1.807) is 11.8 Å². The molecule has 1 aromatic heterocycles. The smallest absolute Gasteiger partial charge is 0.316 e. The van der Waals surface area contributed by atoms with Gasteiger partial charge >= 0.3 is 6.03 Å². The molecule has 0 saturated heterocycles. The number of amides is 2. The van der Waals surface area contributed by atoms with Crippen molar-refractivity contribution in [2.45, 2.75) is 26.8 Å². The Bertz CT molecular complexity index is 1150. The fourth-order valence-corrected chi connectivity index (χ4v) is 3.39. The average molecular weight is 435 g/mol. The molecule has 0 bridgehead atoms. The highest BCUT2D eigenvalue weighted by molar-refractivity contribution is 6.31. The third-order valence-corrected chi connectivity index (χ3v) is 4.93. The monoisotopic (exact) mass is 434 g/mol. The molecule has 3 rings (SSSR count).